The highest BCUT2D eigenvalue weighted by Crippen LogP contribution is 2.45. The number of hydrogen-bond acceptors (Lipinski definition) is 7. The molecule has 1 N–H and O–H groups in total. The molecule has 0 radical (unpaired) electrons. The molecular formula is C31H47NO7Si. The molecule has 0 fully saturated rings. The van der Waals surface area contributed by atoms with Crippen LogP contribution in [0.25, 0.3) is 0 Å². The standard InChI is InChI=1S/C31H47NO7Si/c1-20-25(35-8)22(19-24(26(20)36-9)39-40(11,12)31(5,6)7)18-23(29(34)38-30(2,3)4)32-28(33)27(37-10)21-16-14-13-15-17-21/h13-17,19,23,27H,18H2,1-12H3,(H,32,33)/t23?,27-/m0/s1. The van der Waals surface area contributed by atoms with Gasteiger partial charge < -0.3 is 28.7 Å². The number of carbonyl (C=O) groups is 2. The van der Waals surface area contributed by atoms with Crippen LogP contribution >= 0.6 is 0 Å². The third kappa shape index (κ3) is 8.24. The van der Waals surface area contributed by atoms with Crippen molar-refractivity contribution in [1.82, 2.24) is 5.32 Å². The smallest absolute Gasteiger partial charge is 0.329 e. The Bertz CT molecular complexity index is 1170. The SMILES string of the molecule is COc1c(CC(NC(=O)[C@@H](OC)c2ccccc2)C(=O)OC(C)(C)C)cc(O[Si](C)(C)C(C)(C)C)c(OC)c1C. The molecule has 2 atom stereocenters. The van der Waals surface area contributed by atoms with Gasteiger partial charge in [-0.25, -0.2) is 4.79 Å². The van der Waals surface area contributed by atoms with Crippen LogP contribution in [0.4, 0.5) is 0 Å². The number of esters is 1. The molecule has 2 aromatic rings. The highest BCUT2D eigenvalue weighted by atomic mass is 28.4. The largest absolute Gasteiger partial charge is 0.541 e. The van der Waals surface area contributed by atoms with E-state index in [9.17, 15) is 9.59 Å². The maximum atomic E-state index is 13.4. The van der Waals surface area contributed by atoms with Crippen molar-refractivity contribution in [2.45, 2.75) is 90.8 Å². The van der Waals surface area contributed by atoms with Gasteiger partial charge in [0.2, 0.25) is 0 Å². The minimum Gasteiger partial charge on any atom is -0.541 e. The summed E-state index contributed by atoms with van der Waals surface area (Å²) in [6.07, 6.45) is -0.795. The van der Waals surface area contributed by atoms with E-state index in [1.54, 1.807) is 47.1 Å². The number of hydrogen-bond donors (Lipinski definition) is 1. The lowest BCUT2D eigenvalue weighted by Gasteiger charge is -2.37. The summed E-state index contributed by atoms with van der Waals surface area (Å²) in [4.78, 5) is 26.8. The fourth-order valence-electron chi connectivity index (χ4n) is 4.07. The summed E-state index contributed by atoms with van der Waals surface area (Å²) >= 11 is 0. The van der Waals surface area contributed by atoms with Gasteiger partial charge in [-0.2, -0.15) is 0 Å². The lowest BCUT2D eigenvalue weighted by atomic mass is 9.99. The molecule has 222 valence electrons. The van der Waals surface area contributed by atoms with E-state index in [-0.39, 0.29) is 11.5 Å². The summed E-state index contributed by atoms with van der Waals surface area (Å²) in [7, 11) is 2.38. The first-order chi connectivity index (χ1) is 18.5. The first kappa shape index (κ1) is 33.2. The average molecular weight is 574 g/mol. The molecule has 8 nitrogen and oxygen atoms in total. The van der Waals surface area contributed by atoms with Gasteiger partial charge >= 0.3 is 5.97 Å². The molecule has 0 spiro atoms. The fourth-order valence-corrected chi connectivity index (χ4v) is 5.07. The fraction of sp³-hybridized carbons (Fsp3) is 0.548. The van der Waals surface area contributed by atoms with Crippen LogP contribution in [0.15, 0.2) is 36.4 Å². The molecule has 2 rings (SSSR count). The molecule has 2 aromatic carbocycles. The van der Waals surface area contributed by atoms with Gasteiger partial charge in [0.05, 0.1) is 14.2 Å². The molecule has 0 heterocycles. The Morgan fingerprint density at radius 3 is 1.98 bits per heavy atom. The number of ether oxygens (including phenoxy) is 4. The second kappa shape index (κ2) is 13.1. The topological polar surface area (TPSA) is 92.3 Å². The normalized spacial score (nSPS) is 13.7. The van der Waals surface area contributed by atoms with Gasteiger partial charge in [-0.05, 0) is 57.5 Å². The molecule has 0 saturated carbocycles. The Hall–Kier alpha value is -3.04. The van der Waals surface area contributed by atoms with Crippen molar-refractivity contribution in [3.05, 3.63) is 53.1 Å². The molecule has 1 unspecified atom stereocenters. The molecular weight excluding hydrogens is 526 g/mol. The summed E-state index contributed by atoms with van der Waals surface area (Å²) in [5, 5.41) is 2.82. The zero-order valence-electron chi connectivity index (χ0n) is 26.2. The van der Waals surface area contributed by atoms with Gasteiger partial charge in [0, 0.05) is 24.7 Å². The van der Waals surface area contributed by atoms with Crippen molar-refractivity contribution in [2.24, 2.45) is 0 Å². The first-order valence-electron chi connectivity index (χ1n) is 13.5. The van der Waals surface area contributed by atoms with Crippen molar-refractivity contribution in [1.29, 1.82) is 0 Å². The molecule has 0 bridgehead atoms. The molecule has 1 amide bonds. The molecule has 0 saturated heterocycles. The van der Waals surface area contributed by atoms with Crippen molar-refractivity contribution in [3.8, 4) is 17.2 Å². The van der Waals surface area contributed by atoms with E-state index in [0.717, 1.165) is 5.56 Å². The van der Waals surface area contributed by atoms with Crippen LogP contribution in [0.3, 0.4) is 0 Å². The second-order valence-electron chi connectivity index (χ2n) is 12.4. The molecule has 0 aliphatic carbocycles. The zero-order valence-corrected chi connectivity index (χ0v) is 27.2. The molecule has 40 heavy (non-hydrogen) atoms. The molecule has 9 heteroatoms. The predicted octanol–water partition coefficient (Wildman–Crippen LogP) is 6.15. The highest BCUT2D eigenvalue weighted by molar-refractivity contribution is 6.74. The Morgan fingerprint density at radius 2 is 1.50 bits per heavy atom. The summed E-state index contributed by atoms with van der Waals surface area (Å²) in [5.74, 6) is 0.689. The summed E-state index contributed by atoms with van der Waals surface area (Å²) < 4.78 is 29.4. The van der Waals surface area contributed by atoms with Crippen LogP contribution < -0.4 is 19.2 Å². The van der Waals surface area contributed by atoms with Crippen LogP contribution in [0.2, 0.25) is 18.1 Å². The predicted molar refractivity (Wildman–Crippen MR) is 160 cm³/mol. The van der Waals surface area contributed by atoms with E-state index in [0.29, 0.717) is 28.4 Å². The van der Waals surface area contributed by atoms with Crippen LogP contribution in [-0.2, 0) is 25.5 Å². The number of nitrogens with one attached hydrogen (secondary N) is 1. The van der Waals surface area contributed by atoms with Gasteiger partial charge in [-0.15, -0.1) is 0 Å². The molecule has 0 aromatic heterocycles. The number of amides is 1. The van der Waals surface area contributed by atoms with Crippen molar-refractivity contribution in [2.75, 3.05) is 21.3 Å². The molecule has 0 aliphatic heterocycles. The van der Waals surface area contributed by atoms with Crippen LogP contribution in [0, 0.1) is 6.92 Å². The number of carbonyl (C=O) groups excluding carboxylic acids is 2. The van der Waals surface area contributed by atoms with Crippen molar-refractivity contribution in [3.63, 3.8) is 0 Å². The minimum absolute atomic E-state index is 0.0500. The van der Waals surface area contributed by atoms with E-state index in [4.69, 9.17) is 23.4 Å². The van der Waals surface area contributed by atoms with Gasteiger partial charge in [0.1, 0.15) is 23.1 Å². The zero-order chi connectivity index (χ0) is 30.5. The third-order valence-corrected chi connectivity index (χ3v) is 11.4. The monoisotopic (exact) mass is 573 g/mol. The summed E-state index contributed by atoms with van der Waals surface area (Å²) in [6.45, 7) is 18.0. The summed E-state index contributed by atoms with van der Waals surface area (Å²) in [6, 6.07) is 9.95. The number of methoxy groups -OCH3 is 3. The van der Waals surface area contributed by atoms with E-state index < -0.39 is 37.9 Å². The summed E-state index contributed by atoms with van der Waals surface area (Å²) in [5.41, 5.74) is 1.34. The van der Waals surface area contributed by atoms with Crippen LogP contribution in [0.1, 0.15) is 64.3 Å². The Balaban J connectivity index is 2.57. The van der Waals surface area contributed by atoms with E-state index in [1.165, 1.54) is 7.11 Å². The first-order valence-corrected chi connectivity index (χ1v) is 16.4. The highest BCUT2D eigenvalue weighted by Gasteiger charge is 2.40. The van der Waals surface area contributed by atoms with Gasteiger partial charge in [0.15, 0.2) is 11.9 Å². The minimum atomic E-state index is -2.24. The Kier molecular flexibility index (Phi) is 10.8. The van der Waals surface area contributed by atoms with Crippen molar-refractivity contribution >= 4 is 20.2 Å². The second-order valence-corrected chi connectivity index (χ2v) is 17.1. The van der Waals surface area contributed by atoms with Crippen LogP contribution in [-0.4, -0.2) is 53.2 Å². The van der Waals surface area contributed by atoms with Gasteiger partial charge in [0.25, 0.3) is 14.2 Å². The Labute approximate surface area is 240 Å². The van der Waals surface area contributed by atoms with Gasteiger partial charge in [-0.3, -0.25) is 4.79 Å². The maximum Gasteiger partial charge on any atom is 0.329 e. The van der Waals surface area contributed by atoms with E-state index in [2.05, 4.69) is 39.2 Å². The lowest BCUT2D eigenvalue weighted by molar-refractivity contribution is -0.159. The molecule has 0 aliphatic rings. The van der Waals surface area contributed by atoms with Crippen molar-refractivity contribution < 1.29 is 33.0 Å². The van der Waals surface area contributed by atoms with E-state index >= 15 is 0 Å². The number of benzene rings is 2. The quantitative estimate of drug-likeness (QED) is 0.254. The maximum absolute atomic E-state index is 13.4. The van der Waals surface area contributed by atoms with Gasteiger partial charge in [-0.1, -0.05) is 51.1 Å². The average Bonchev–Trinajstić information content (AvgIpc) is 2.83. The third-order valence-electron chi connectivity index (χ3n) is 7.09. The number of rotatable bonds is 11. The van der Waals surface area contributed by atoms with E-state index in [1.807, 2.05) is 31.2 Å². The Morgan fingerprint density at radius 1 is 0.925 bits per heavy atom. The van der Waals surface area contributed by atoms with Crippen LogP contribution in [0.5, 0.6) is 17.2 Å². The lowest BCUT2D eigenvalue weighted by Crippen LogP contribution is -2.47.